The molecule has 2 aromatic heterocycles. The van der Waals surface area contributed by atoms with Crippen LogP contribution in [0.4, 0.5) is 4.39 Å². The maximum atomic E-state index is 13.3. The maximum absolute atomic E-state index is 13.3. The zero-order chi connectivity index (χ0) is 22.1. The molecule has 0 unspecified atom stereocenters. The van der Waals surface area contributed by atoms with Gasteiger partial charge in [-0.05, 0) is 42.7 Å². The first kappa shape index (κ1) is 20.4. The van der Waals surface area contributed by atoms with E-state index in [9.17, 15) is 14.0 Å². The van der Waals surface area contributed by atoms with Crippen LogP contribution in [0, 0.1) is 5.82 Å². The molecule has 0 aliphatic heterocycles. The molecule has 1 aliphatic rings. The second kappa shape index (κ2) is 8.53. The van der Waals surface area contributed by atoms with Crippen LogP contribution in [-0.2, 0) is 17.8 Å². The molecule has 7 nitrogen and oxygen atoms in total. The SMILES string of the molecule is O=C(CCc1nnc2n(Cc3ccc(F)cc3)c(=O)c3ccccc3n12)NC1CCCC1. The Morgan fingerprint density at radius 1 is 1.06 bits per heavy atom. The number of halogens is 1. The van der Waals surface area contributed by atoms with Crippen molar-refractivity contribution in [3.05, 3.63) is 76.1 Å². The van der Waals surface area contributed by atoms with Crippen molar-refractivity contribution >= 4 is 22.6 Å². The van der Waals surface area contributed by atoms with Gasteiger partial charge in [-0.2, -0.15) is 0 Å². The summed E-state index contributed by atoms with van der Waals surface area (Å²) in [5.74, 6) is 0.720. The van der Waals surface area contributed by atoms with Crippen molar-refractivity contribution in [3.8, 4) is 0 Å². The summed E-state index contributed by atoms with van der Waals surface area (Å²) >= 11 is 0. The molecule has 164 valence electrons. The lowest BCUT2D eigenvalue weighted by atomic mass is 10.2. The quantitative estimate of drug-likeness (QED) is 0.506. The molecule has 1 saturated carbocycles. The topological polar surface area (TPSA) is 81.3 Å². The lowest BCUT2D eigenvalue weighted by Gasteiger charge is -2.13. The molecular formula is C24H24FN5O2. The molecule has 8 heteroatoms. The van der Waals surface area contributed by atoms with Crippen molar-refractivity contribution in [2.24, 2.45) is 0 Å². The number of nitrogens with one attached hydrogen (secondary N) is 1. The van der Waals surface area contributed by atoms with Gasteiger partial charge in [-0.15, -0.1) is 10.2 Å². The van der Waals surface area contributed by atoms with E-state index in [1.807, 2.05) is 22.6 Å². The highest BCUT2D eigenvalue weighted by molar-refractivity contribution is 5.80. The first-order chi connectivity index (χ1) is 15.6. The Morgan fingerprint density at radius 2 is 1.81 bits per heavy atom. The van der Waals surface area contributed by atoms with E-state index in [0.29, 0.717) is 35.3 Å². The molecule has 1 aliphatic carbocycles. The minimum absolute atomic E-state index is 0.0117. The predicted octanol–water partition coefficient (Wildman–Crippen LogP) is 3.22. The average molecular weight is 433 g/mol. The summed E-state index contributed by atoms with van der Waals surface area (Å²) in [5, 5.41) is 12.3. The van der Waals surface area contributed by atoms with Crippen LogP contribution in [0.25, 0.3) is 16.7 Å². The number of aryl methyl sites for hydroxylation is 1. The number of hydrogen-bond donors (Lipinski definition) is 1. The molecule has 32 heavy (non-hydrogen) atoms. The van der Waals surface area contributed by atoms with Crippen LogP contribution in [0.1, 0.15) is 43.5 Å². The first-order valence-electron chi connectivity index (χ1n) is 11.0. The summed E-state index contributed by atoms with van der Waals surface area (Å²) in [4.78, 5) is 25.7. The number of carbonyl (C=O) groups excluding carboxylic acids is 1. The molecule has 2 aromatic carbocycles. The Labute approximate surface area is 183 Å². The third-order valence-corrected chi connectivity index (χ3v) is 6.12. The lowest BCUT2D eigenvalue weighted by molar-refractivity contribution is -0.121. The summed E-state index contributed by atoms with van der Waals surface area (Å²) in [7, 11) is 0. The van der Waals surface area contributed by atoms with Gasteiger partial charge in [0, 0.05) is 18.9 Å². The predicted molar refractivity (Wildman–Crippen MR) is 119 cm³/mol. The second-order valence-corrected chi connectivity index (χ2v) is 8.34. The van der Waals surface area contributed by atoms with Gasteiger partial charge in [0.2, 0.25) is 11.7 Å². The summed E-state index contributed by atoms with van der Waals surface area (Å²) < 4.78 is 16.7. The number of rotatable bonds is 6. The van der Waals surface area contributed by atoms with Gasteiger partial charge in [-0.3, -0.25) is 18.6 Å². The highest BCUT2D eigenvalue weighted by atomic mass is 19.1. The highest BCUT2D eigenvalue weighted by Crippen LogP contribution is 2.19. The van der Waals surface area contributed by atoms with Crippen molar-refractivity contribution in [2.45, 2.75) is 51.1 Å². The number of carbonyl (C=O) groups is 1. The molecule has 2 heterocycles. The van der Waals surface area contributed by atoms with Crippen LogP contribution in [0.5, 0.6) is 0 Å². The Hall–Kier alpha value is -3.55. The van der Waals surface area contributed by atoms with Gasteiger partial charge in [0.05, 0.1) is 17.4 Å². The van der Waals surface area contributed by atoms with Crippen LogP contribution >= 0.6 is 0 Å². The monoisotopic (exact) mass is 433 g/mol. The number of amides is 1. The van der Waals surface area contributed by atoms with Gasteiger partial charge in [0.15, 0.2) is 0 Å². The molecule has 0 spiro atoms. The molecular weight excluding hydrogens is 409 g/mol. The highest BCUT2D eigenvalue weighted by Gasteiger charge is 2.19. The van der Waals surface area contributed by atoms with Gasteiger partial charge < -0.3 is 5.32 Å². The van der Waals surface area contributed by atoms with E-state index in [4.69, 9.17) is 0 Å². The Morgan fingerprint density at radius 3 is 2.59 bits per heavy atom. The fourth-order valence-electron chi connectivity index (χ4n) is 4.49. The minimum Gasteiger partial charge on any atom is -0.353 e. The normalized spacial score (nSPS) is 14.4. The molecule has 1 fully saturated rings. The van der Waals surface area contributed by atoms with E-state index < -0.39 is 0 Å². The van der Waals surface area contributed by atoms with Gasteiger partial charge >= 0.3 is 0 Å². The number of hydrogen-bond acceptors (Lipinski definition) is 4. The fraction of sp³-hybridized carbons (Fsp3) is 0.333. The summed E-state index contributed by atoms with van der Waals surface area (Å²) in [6.45, 7) is 0.244. The van der Waals surface area contributed by atoms with E-state index in [0.717, 1.165) is 31.2 Å². The lowest BCUT2D eigenvalue weighted by Crippen LogP contribution is -2.32. The molecule has 0 radical (unpaired) electrons. The Kier molecular flexibility index (Phi) is 5.43. The zero-order valence-corrected chi connectivity index (χ0v) is 17.6. The van der Waals surface area contributed by atoms with E-state index in [1.54, 1.807) is 22.8 Å². The van der Waals surface area contributed by atoms with Gasteiger partial charge in [-0.25, -0.2) is 4.39 Å². The van der Waals surface area contributed by atoms with Crippen molar-refractivity contribution in [1.29, 1.82) is 0 Å². The van der Waals surface area contributed by atoms with Gasteiger partial charge in [-0.1, -0.05) is 37.1 Å². The molecule has 1 N–H and O–H groups in total. The molecule has 0 saturated heterocycles. The van der Waals surface area contributed by atoms with Crippen molar-refractivity contribution < 1.29 is 9.18 Å². The summed E-state index contributed by atoms with van der Waals surface area (Å²) in [6, 6.07) is 13.6. The van der Waals surface area contributed by atoms with E-state index >= 15 is 0 Å². The van der Waals surface area contributed by atoms with Crippen molar-refractivity contribution in [2.75, 3.05) is 0 Å². The third kappa shape index (κ3) is 3.88. The standard InChI is InChI=1S/C24H24FN5O2/c25-17-11-9-16(10-12-17)15-29-23(32)19-7-3-4-8-20(19)30-21(27-28-24(29)30)13-14-22(31)26-18-5-1-2-6-18/h3-4,7-12,18H,1-2,5-6,13-15H2,(H,26,31). The molecule has 0 bridgehead atoms. The van der Waals surface area contributed by atoms with E-state index in [2.05, 4.69) is 15.5 Å². The third-order valence-electron chi connectivity index (χ3n) is 6.12. The number of fused-ring (bicyclic) bond motifs is 3. The van der Waals surface area contributed by atoms with Gasteiger partial charge in [0.25, 0.3) is 5.56 Å². The van der Waals surface area contributed by atoms with E-state index in [1.165, 1.54) is 12.1 Å². The number of para-hydroxylation sites is 1. The average Bonchev–Trinajstić information content (AvgIpc) is 3.46. The summed E-state index contributed by atoms with van der Waals surface area (Å²) in [5.41, 5.74) is 1.31. The van der Waals surface area contributed by atoms with Crippen LogP contribution in [0.15, 0.2) is 53.3 Å². The second-order valence-electron chi connectivity index (χ2n) is 8.34. The van der Waals surface area contributed by atoms with Crippen molar-refractivity contribution in [1.82, 2.24) is 24.5 Å². The first-order valence-corrected chi connectivity index (χ1v) is 11.0. The smallest absolute Gasteiger partial charge is 0.263 e. The molecule has 4 aromatic rings. The molecule has 5 rings (SSSR count). The summed E-state index contributed by atoms with van der Waals surface area (Å²) in [6.07, 6.45) is 5.13. The van der Waals surface area contributed by atoms with Crippen LogP contribution in [-0.4, -0.2) is 31.1 Å². The van der Waals surface area contributed by atoms with Gasteiger partial charge in [0.1, 0.15) is 11.6 Å². The van der Waals surface area contributed by atoms with E-state index in [-0.39, 0.29) is 29.9 Å². The number of nitrogens with zero attached hydrogens (tertiary/aromatic N) is 4. The van der Waals surface area contributed by atoms with Crippen molar-refractivity contribution in [3.63, 3.8) is 0 Å². The van der Waals surface area contributed by atoms with Crippen LogP contribution in [0.2, 0.25) is 0 Å². The zero-order valence-electron chi connectivity index (χ0n) is 17.6. The largest absolute Gasteiger partial charge is 0.353 e. The number of aromatic nitrogens is 4. The molecule has 0 atom stereocenters. The Balaban J connectivity index is 1.51. The fourth-order valence-corrected chi connectivity index (χ4v) is 4.49. The number of benzene rings is 2. The van der Waals surface area contributed by atoms with Crippen LogP contribution in [0.3, 0.4) is 0 Å². The van der Waals surface area contributed by atoms with Crippen LogP contribution < -0.4 is 10.9 Å². The maximum Gasteiger partial charge on any atom is 0.263 e. The molecule has 1 amide bonds. The minimum atomic E-state index is -0.328. The Bertz CT molecular complexity index is 1340.